The molecule has 0 aromatic carbocycles. The Labute approximate surface area is 101 Å². The smallest absolute Gasteiger partial charge is 0.328 e. The number of nitrogens with one attached hydrogen (secondary N) is 1. The third kappa shape index (κ3) is 5.88. The molecule has 2 atom stereocenters. The van der Waals surface area contributed by atoms with Gasteiger partial charge in [0.1, 0.15) is 12.6 Å². The summed E-state index contributed by atoms with van der Waals surface area (Å²) >= 11 is 0. The van der Waals surface area contributed by atoms with E-state index in [0.29, 0.717) is 6.61 Å². The normalized spacial score (nSPS) is 13.3. The number of ether oxygens (including phenoxy) is 2. The number of hydrogen-bond donors (Lipinski definition) is 1. The first kappa shape index (κ1) is 15.4. The Hall–Kier alpha value is -1.61. The molecule has 0 spiro atoms. The Bertz CT molecular complexity index is 298. The van der Waals surface area contributed by atoms with Crippen molar-refractivity contribution in [3.05, 3.63) is 0 Å². The second kappa shape index (κ2) is 8.53. The zero-order valence-corrected chi connectivity index (χ0v) is 10.4. The first-order valence-electron chi connectivity index (χ1n) is 5.38. The van der Waals surface area contributed by atoms with Gasteiger partial charge in [-0.2, -0.15) is 5.26 Å². The number of amides is 1. The number of carbonyl (C=O) groups is 2. The molecule has 0 aromatic heterocycles. The van der Waals surface area contributed by atoms with E-state index in [1.165, 1.54) is 7.11 Å². The molecule has 0 bridgehead atoms. The predicted octanol–water partition coefficient (Wildman–Crippen LogP) is 0.230. The summed E-state index contributed by atoms with van der Waals surface area (Å²) < 4.78 is 9.50. The molecule has 6 heteroatoms. The highest BCUT2D eigenvalue weighted by Gasteiger charge is 2.27. The van der Waals surface area contributed by atoms with Crippen molar-refractivity contribution in [3.8, 4) is 6.07 Å². The van der Waals surface area contributed by atoms with Crippen LogP contribution in [0.5, 0.6) is 0 Å². The minimum absolute atomic E-state index is 0.108. The Morgan fingerprint density at radius 3 is 2.59 bits per heavy atom. The molecule has 0 fully saturated rings. The molecule has 0 rings (SSSR count). The van der Waals surface area contributed by atoms with E-state index in [0.717, 1.165) is 0 Å². The number of rotatable bonds is 7. The van der Waals surface area contributed by atoms with Crippen LogP contribution in [0.15, 0.2) is 0 Å². The minimum Gasteiger partial charge on any atom is -0.467 e. The Balaban J connectivity index is 4.44. The maximum atomic E-state index is 11.5. The molecule has 0 aromatic rings. The molecule has 0 aliphatic rings. The van der Waals surface area contributed by atoms with Crippen molar-refractivity contribution in [1.29, 1.82) is 5.26 Å². The summed E-state index contributed by atoms with van der Waals surface area (Å²) in [4.78, 5) is 22.9. The van der Waals surface area contributed by atoms with E-state index in [1.807, 2.05) is 6.07 Å². The molecule has 1 amide bonds. The second-order valence-electron chi connectivity index (χ2n) is 3.55. The van der Waals surface area contributed by atoms with E-state index in [9.17, 15) is 9.59 Å². The van der Waals surface area contributed by atoms with E-state index in [-0.39, 0.29) is 18.9 Å². The van der Waals surface area contributed by atoms with Crippen molar-refractivity contribution in [2.45, 2.75) is 26.3 Å². The summed E-state index contributed by atoms with van der Waals surface area (Å²) in [6.07, 6.45) is 0.161. The Morgan fingerprint density at radius 1 is 1.47 bits per heavy atom. The Morgan fingerprint density at radius 2 is 2.12 bits per heavy atom. The van der Waals surface area contributed by atoms with Gasteiger partial charge < -0.3 is 14.8 Å². The fraction of sp³-hybridized carbons (Fsp3) is 0.727. The minimum atomic E-state index is -0.812. The van der Waals surface area contributed by atoms with Crippen LogP contribution in [-0.4, -0.2) is 38.2 Å². The number of hydrogen-bond acceptors (Lipinski definition) is 5. The molecule has 0 saturated carbocycles. The largest absolute Gasteiger partial charge is 0.467 e. The Kier molecular flexibility index (Phi) is 7.72. The van der Waals surface area contributed by atoms with Gasteiger partial charge in [0.2, 0.25) is 5.91 Å². The summed E-state index contributed by atoms with van der Waals surface area (Å²) in [7, 11) is 1.24. The number of nitriles is 1. The summed E-state index contributed by atoms with van der Waals surface area (Å²) in [6.45, 7) is 3.78. The van der Waals surface area contributed by atoms with Crippen LogP contribution in [0, 0.1) is 17.2 Å². The van der Waals surface area contributed by atoms with Crippen LogP contribution < -0.4 is 5.32 Å². The van der Waals surface area contributed by atoms with Gasteiger partial charge in [0.25, 0.3) is 0 Å². The summed E-state index contributed by atoms with van der Waals surface area (Å²) in [5, 5.41) is 11.1. The molecule has 0 aliphatic carbocycles. The number of methoxy groups -OCH3 is 1. The van der Waals surface area contributed by atoms with Crippen molar-refractivity contribution in [3.63, 3.8) is 0 Å². The van der Waals surface area contributed by atoms with E-state index in [1.54, 1.807) is 13.8 Å². The standard InChI is InChI=1S/C11H18N2O4/c1-4-17-7-9(14)13-10(11(15)16-3)8(2)5-6-12/h8,10H,4-5,7H2,1-3H3,(H,13,14)/t8-,10-/m0/s1. The zero-order valence-electron chi connectivity index (χ0n) is 10.4. The van der Waals surface area contributed by atoms with E-state index < -0.39 is 17.9 Å². The highest BCUT2D eigenvalue weighted by Crippen LogP contribution is 2.09. The van der Waals surface area contributed by atoms with Gasteiger partial charge in [-0.3, -0.25) is 4.79 Å². The maximum absolute atomic E-state index is 11.5. The van der Waals surface area contributed by atoms with Crippen LogP contribution in [-0.2, 0) is 19.1 Å². The van der Waals surface area contributed by atoms with Crippen LogP contribution in [0.2, 0.25) is 0 Å². The first-order chi connectivity index (χ1) is 8.06. The number of carbonyl (C=O) groups excluding carboxylic acids is 2. The van der Waals surface area contributed by atoms with E-state index in [4.69, 9.17) is 10.00 Å². The molecule has 0 radical (unpaired) electrons. The van der Waals surface area contributed by atoms with Crippen molar-refractivity contribution < 1.29 is 19.1 Å². The SMILES string of the molecule is CCOCC(=O)N[C@H](C(=O)OC)[C@@H](C)CC#N. The van der Waals surface area contributed by atoms with Crippen LogP contribution >= 0.6 is 0 Å². The molecule has 0 heterocycles. The van der Waals surface area contributed by atoms with Gasteiger partial charge in [0.15, 0.2) is 0 Å². The highest BCUT2D eigenvalue weighted by atomic mass is 16.5. The lowest BCUT2D eigenvalue weighted by Gasteiger charge is -2.20. The lowest BCUT2D eigenvalue weighted by atomic mass is 9.99. The van der Waals surface area contributed by atoms with E-state index >= 15 is 0 Å². The molecule has 17 heavy (non-hydrogen) atoms. The third-order valence-corrected chi connectivity index (χ3v) is 2.19. The molecular weight excluding hydrogens is 224 g/mol. The van der Waals surface area contributed by atoms with Crippen LogP contribution in [0.25, 0.3) is 0 Å². The maximum Gasteiger partial charge on any atom is 0.328 e. The van der Waals surface area contributed by atoms with Gasteiger partial charge >= 0.3 is 5.97 Å². The quantitative estimate of drug-likeness (QED) is 0.645. The fourth-order valence-corrected chi connectivity index (χ4v) is 1.23. The van der Waals surface area contributed by atoms with Crippen molar-refractivity contribution in [1.82, 2.24) is 5.32 Å². The summed E-state index contributed by atoms with van der Waals surface area (Å²) in [6, 6.07) is 1.14. The van der Waals surface area contributed by atoms with Gasteiger partial charge in [0, 0.05) is 18.9 Å². The topological polar surface area (TPSA) is 88.4 Å². The molecule has 6 nitrogen and oxygen atoms in total. The molecule has 0 saturated heterocycles. The second-order valence-corrected chi connectivity index (χ2v) is 3.55. The lowest BCUT2D eigenvalue weighted by Crippen LogP contribution is -2.47. The number of nitrogens with zero attached hydrogens (tertiary/aromatic N) is 1. The molecular formula is C11H18N2O4. The average Bonchev–Trinajstić information content (AvgIpc) is 2.32. The summed E-state index contributed by atoms with van der Waals surface area (Å²) in [5.74, 6) is -1.26. The van der Waals surface area contributed by atoms with Crippen LogP contribution in [0.4, 0.5) is 0 Å². The monoisotopic (exact) mass is 242 g/mol. The van der Waals surface area contributed by atoms with Gasteiger partial charge in [-0.05, 0) is 6.92 Å². The van der Waals surface area contributed by atoms with Crippen LogP contribution in [0.3, 0.4) is 0 Å². The lowest BCUT2D eigenvalue weighted by molar-refractivity contribution is -0.147. The zero-order chi connectivity index (χ0) is 13.3. The fourth-order valence-electron chi connectivity index (χ4n) is 1.23. The van der Waals surface area contributed by atoms with Crippen molar-refractivity contribution in [2.75, 3.05) is 20.3 Å². The van der Waals surface area contributed by atoms with Crippen LogP contribution in [0.1, 0.15) is 20.3 Å². The molecule has 0 unspecified atom stereocenters. The predicted molar refractivity (Wildman–Crippen MR) is 59.8 cm³/mol. The van der Waals surface area contributed by atoms with E-state index in [2.05, 4.69) is 10.1 Å². The third-order valence-electron chi connectivity index (χ3n) is 2.19. The molecule has 96 valence electrons. The average molecular weight is 242 g/mol. The summed E-state index contributed by atoms with van der Waals surface area (Å²) in [5.41, 5.74) is 0. The number of esters is 1. The van der Waals surface area contributed by atoms with Crippen molar-refractivity contribution >= 4 is 11.9 Å². The molecule has 0 aliphatic heterocycles. The van der Waals surface area contributed by atoms with Crippen molar-refractivity contribution in [2.24, 2.45) is 5.92 Å². The van der Waals surface area contributed by atoms with Gasteiger partial charge in [-0.15, -0.1) is 0 Å². The van der Waals surface area contributed by atoms with Gasteiger partial charge in [0.05, 0.1) is 13.2 Å². The van der Waals surface area contributed by atoms with Gasteiger partial charge in [-0.1, -0.05) is 6.92 Å². The first-order valence-corrected chi connectivity index (χ1v) is 5.38. The van der Waals surface area contributed by atoms with Gasteiger partial charge in [-0.25, -0.2) is 4.79 Å². The molecule has 1 N–H and O–H groups in total. The highest BCUT2D eigenvalue weighted by molar-refractivity contribution is 5.85.